The standard InChI is InChI=1S/C18H22FN5O/c1-13-3-8-16(22-11-13)24-17(25)9-10-21-18(20-2)23-12-14-4-6-15(19)7-5-14/h3-8,11H,9-10,12H2,1-2H3,(H2,20,21,23)(H,22,24,25). The summed E-state index contributed by atoms with van der Waals surface area (Å²) in [7, 11) is 1.65. The Bertz CT molecular complexity index is 713. The number of aliphatic imine (C=N–C) groups is 1. The molecule has 7 heteroatoms. The molecule has 1 aromatic carbocycles. The fourth-order valence-corrected chi connectivity index (χ4v) is 2.05. The van der Waals surface area contributed by atoms with Crippen molar-refractivity contribution in [3.63, 3.8) is 0 Å². The van der Waals surface area contributed by atoms with Crippen molar-refractivity contribution in [2.45, 2.75) is 19.9 Å². The Labute approximate surface area is 146 Å². The van der Waals surface area contributed by atoms with Crippen LogP contribution >= 0.6 is 0 Å². The van der Waals surface area contributed by atoms with Crippen molar-refractivity contribution >= 4 is 17.7 Å². The Morgan fingerprint density at radius 2 is 1.92 bits per heavy atom. The molecule has 25 heavy (non-hydrogen) atoms. The van der Waals surface area contributed by atoms with E-state index < -0.39 is 0 Å². The van der Waals surface area contributed by atoms with Gasteiger partial charge in [-0.2, -0.15) is 0 Å². The Balaban J connectivity index is 1.70. The summed E-state index contributed by atoms with van der Waals surface area (Å²) in [6.07, 6.45) is 1.99. The minimum atomic E-state index is -0.264. The maximum atomic E-state index is 12.9. The van der Waals surface area contributed by atoms with E-state index in [1.807, 2.05) is 13.0 Å². The van der Waals surface area contributed by atoms with Gasteiger partial charge >= 0.3 is 0 Å². The third-order valence-electron chi connectivity index (χ3n) is 3.42. The van der Waals surface area contributed by atoms with Crippen molar-refractivity contribution in [3.05, 3.63) is 59.5 Å². The van der Waals surface area contributed by atoms with Crippen LogP contribution in [-0.2, 0) is 11.3 Å². The number of anilines is 1. The molecule has 1 amide bonds. The van der Waals surface area contributed by atoms with Crippen LogP contribution in [0.1, 0.15) is 17.5 Å². The van der Waals surface area contributed by atoms with E-state index in [-0.39, 0.29) is 18.1 Å². The van der Waals surface area contributed by atoms with Crippen molar-refractivity contribution in [2.75, 3.05) is 18.9 Å². The highest BCUT2D eigenvalue weighted by atomic mass is 19.1. The van der Waals surface area contributed by atoms with Crippen LogP contribution < -0.4 is 16.0 Å². The van der Waals surface area contributed by atoms with Crippen LogP contribution in [0, 0.1) is 12.7 Å². The summed E-state index contributed by atoms with van der Waals surface area (Å²) in [6, 6.07) is 9.90. The SMILES string of the molecule is CN=C(NCCC(=O)Nc1ccc(C)cn1)NCc1ccc(F)cc1. The van der Waals surface area contributed by atoms with Gasteiger partial charge in [0, 0.05) is 32.8 Å². The Hall–Kier alpha value is -2.96. The zero-order valence-corrected chi connectivity index (χ0v) is 14.3. The number of carbonyl (C=O) groups is 1. The van der Waals surface area contributed by atoms with Crippen LogP contribution in [0.3, 0.4) is 0 Å². The van der Waals surface area contributed by atoms with Crippen LogP contribution in [0.5, 0.6) is 0 Å². The first-order chi connectivity index (χ1) is 12.1. The number of nitrogens with zero attached hydrogens (tertiary/aromatic N) is 2. The first kappa shape index (κ1) is 18.4. The Kier molecular flexibility index (Phi) is 6.88. The highest BCUT2D eigenvalue weighted by molar-refractivity contribution is 5.90. The quantitative estimate of drug-likeness (QED) is 0.555. The van der Waals surface area contributed by atoms with E-state index >= 15 is 0 Å². The molecule has 0 saturated carbocycles. The molecular weight excluding hydrogens is 321 g/mol. The molecule has 0 atom stereocenters. The predicted octanol–water partition coefficient (Wildman–Crippen LogP) is 2.22. The number of aryl methyl sites for hydroxylation is 1. The number of benzene rings is 1. The second-order valence-corrected chi connectivity index (χ2v) is 5.50. The largest absolute Gasteiger partial charge is 0.356 e. The lowest BCUT2D eigenvalue weighted by molar-refractivity contribution is -0.116. The van der Waals surface area contributed by atoms with E-state index in [2.05, 4.69) is 25.9 Å². The number of carbonyl (C=O) groups excluding carboxylic acids is 1. The number of pyridine rings is 1. The van der Waals surface area contributed by atoms with Crippen LogP contribution in [-0.4, -0.2) is 30.4 Å². The van der Waals surface area contributed by atoms with Crippen molar-refractivity contribution in [3.8, 4) is 0 Å². The first-order valence-electron chi connectivity index (χ1n) is 7.98. The molecule has 0 spiro atoms. The van der Waals surface area contributed by atoms with Crippen LogP contribution in [0.4, 0.5) is 10.2 Å². The molecule has 0 fully saturated rings. The number of hydrogen-bond donors (Lipinski definition) is 3. The number of halogens is 1. The van der Waals surface area contributed by atoms with Gasteiger partial charge < -0.3 is 16.0 Å². The number of hydrogen-bond acceptors (Lipinski definition) is 3. The predicted molar refractivity (Wildman–Crippen MR) is 96.8 cm³/mol. The van der Waals surface area contributed by atoms with E-state index in [0.29, 0.717) is 24.9 Å². The van der Waals surface area contributed by atoms with E-state index in [0.717, 1.165) is 11.1 Å². The molecule has 132 valence electrons. The molecule has 2 aromatic rings. The van der Waals surface area contributed by atoms with E-state index in [1.165, 1.54) is 12.1 Å². The average molecular weight is 343 g/mol. The molecular formula is C18H22FN5O. The molecule has 0 aliphatic heterocycles. The first-order valence-corrected chi connectivity index (χ1v) is 7.98. The monoisotopic (exact) mass is 343 g/mol. The molecule has 0 aliphatic rings. The van der Waals surface area contributed by atoms with Gasteiger partial charge in [0.05, 0.1) is 0 Å². The lowest BCUT2D eigenvalue weighted by atomic mass is 10.2. The van der Waals surface area contributed by atoms with Gasteiger partial charge in [0.1, 0.15) is 11.6 Å². The average Bonchev–Trinajstić information content (AvgIpc) is 2.61. The number of amides is 1. The summed E-state index contributed by atoms with van der Waals surface area (Å²) < 4.78 is 12.9. The zero-order valence-electron chi connectivity index (χ0n) is 14.3. The highest BCUT2D eigenvalue weighted by Crippen LogP contribution is 2.04. The number of rotatable bonds is 6. The minimum Gasteiger partial charge on any atom is -0.356 e. The summed E-state index contributed by atoms with van der Waals surface area (Å²) in [5.41, 5.74) is 1.98. The molecule has 0 aliphatic carbocycles. The lowest BCUT2D eigenvalue weighted by Gasteiger charge is -2.12. The number of guanidine groups is 1. The topological polar surface area (TPSA) is 78.4 Å². The van der Waals surface area contributed by atoms with E-state index in [9.17, 15) is 9.18 Å². The van der Waals surface area contributed by atoms with Gasteiger partial charge in [-0.1, -0.05) is 18.2 Å². The fourth-order valence-electron chi connectivity index (χ4n) is 2.05. The van der Waals surface area contributed by atoms with Crippen LogP contribution in [0.15, 0.2) is 47.6 Å². The number of aromatic nitrogens is 1. The van der Waals surface area contributed by atoms with Crippen molar-refractivity contribution in [1.82, 2.24) is 15.6 Å². The third-order valence-corrected chi connectivity index (χ3v) is 3.42. The normalized spacial score (nSPS) is 11.1. The maximum Gasteiger partial charge on any atom is 0.227 e. The molecule has 3 N–H and O–H groups in total. The summed E-state index contributed by atoms with van der Waals surface area (Å²) in [4.78, 5) is 20.1. The van der Waals surface area contributed by atoms with Gasteiger partial charge in [-0.15, -0.1) is 0 Å². The lowest BCUT2D eigenvalue weighted by Crippen LogP contribution is -2.38. The fraction of sp³-hybridized carbons (Fsp3) is 0.278. The minimum absolute atomic E-state index is 0.127. The molecule has 0 bridgehead atoms. The second kappa shape index (κ2) is 9.36. The van der Waals surface area contributed by atoms with Gasteiger partial charge in [-0.25, -0.2) is 9.37 Å². The van der Waals surface area contributed by atoms with E-state index in [1.54, 1.807) is 31.4 Å². The summed E-state index contributed by atoms with van der Waals surface area (Å²) in [5.74, 6) is 0.721. The molecule has 0 radical (unpaired) electrons. The maximum absolute atomic E-state index is 12.9. The van der Waals surface area contributed by atoms with Gasteiger partial charge in [0.15, 0.2) is 5.96 Å². The highest BCUT2D eigenvalue weighted by Gasteiger charge is 2.04. The molecule has 6 nitrogen and oxygen atoms in total. The van der Waals surface area contributed by atoms with Crippen molar-refractivity contribution in [1.29, 1.82) is 0 Å². The van der Waals surface area contributed by atoms with E-state index in [4.69, 9.17) is 0 Å². The van der Waals surface area contributed by atoms with Crippen LogP contribution in [0.25, 0.3) is 0 Å². The smallest absolute Gasteiger partial charge is 0.227 e. The second-order valence-electron chi connectivity index (χ2n) is 5.50. The Morgan fingerprint density at radius 3 is 2.56 bits per heavy atom. The van der Waals surface area contributed by atoms with Gasteiger partial charge in [-0.05, 0) is 36.2 Å². The molecule has 2 rings (SSSR count). The van der Waals surface area contributed by atoms with Gasteiger partial charge in [0.25, 0.3) is 0 Å². The molecule has 1 aromatic heterocycles. The van der Waals surface area contributed by atoms with Gasteiger partial charge in [0.2, 0.25) is 5.91 Å². The third kappa shape index (κ3) is 6.58. The molecule has 1 heterocycles. The Morgan fingerprint density at radius 1 is 1.16 bits per heavy atom. The van der Waals surface area contributed by atoms with Crippen molar-refractivity contribution in [2.24, 2.45) is 4.99 Å². The summed E-state index contributed by atoms with van der Waals surface area (Å²) >= 11 is 0. The summed E-state index contributed by atoms with van der Waals surface area (Å²) in [6.45, 7) is 2.88. The van der Waals surface area contributed by atoms with Crippen molar-refractivity contribution < 1.29 is 9.18 Å². The zero-order chi connectivity index (χ0) is 18.1. The van der Waals surface area contributed by atoms with Crippen LogP contribution in [0.2, 0.25) is 0 Å². The van der Waals surface area contributed by atoms with Gasteiger partial charge in [-0.3, -0.25) is 9.79 Å². The number of nitrogens with one attached hydrogen (secondary N) is 3. The summed E-state index contributed by atoms with van der Waals surface area (Å²) in [5, 5.41) is 8.91. The molecule has 0 unspecified atom stereocenters. The molecule has 0 saturated heterocycles.